The van der Waals surface area contributed by atoms with Crippen LogP contribution in [0.2, 0.25) is 0 Å². The maximum absolute atomic E-state index is 10.9. The largest absolute Gasteiger partial charge is 0.507 e. The van der Waals surface area contributed by atoms with E-state index in [9.17, 15) is 15.2 Å². The average molecular weight is 299 g/mol. The standard InChI is InChI=1S/C14H9N3O3S/c18-12-3-1-2-4-13(12)21-14-10-7-9(17(19)20)5-6-11(10)15-8-16-14/h1-8,18H. The summed E-state index contributed by atoms with van der Waals surface area (Å²) in [5.74, 6) is 0.139. The van der Waals surface area contributed by atoms with Gasteiger partial charge in [0.25, 0.3) is 5.69 Å². The number of phenols is 1. The Bertz CT molecular complexity index is 839. The van der Waals surface area contributed by atoms with Gasteiger partial charge in [-0.25, -0.2) is 9.97 Å². The number of non-ortho nitro benzene ring substituents is 1. The number of fused-ring (bicyclic) bond motifs is 1. The smallest absolute Gasteiger partial charge is 0.270 e. The van der Waals surface area contributed by atoms with Crippen molar-refractivity contribution in [3.8, 4) is 5.75 Å². The van der Waals surface area contributed by atoms with Gasteiger partial charge in [-0.15, -0.1) is 0 Å². The number of rotatable bonds is 3. The van der Waals surface area contributed by atoms with Crippen molar-refractivity contribution in [3.05, 3.63) is 58.9 Å². The van der Waals surface area contributed by atoms with Crippen LogP contribution in [-0.2, 0) is 0 Å². The van der Waals surface area contributed by atoms with E-state index in [0.29, 0.717) is 20.8 Å². The summed E-state index contributed by atoms with van der Waals surface area (Å²) in [6, 6.07) is 11.3. The highest BCUT2D eigenvalue weighted by molar-refractivity contribution is 7.99. The Hall–Kier alpha value is -2.67. The summed E-state index contributed by atoms with van der Waals surface area (Å²) in [6.07, 6.45) is 1.40. The molecule has 3 aromatic rings. The van der Waals surface area contributed by atoms with Crippen LogP contribution in [0.1, 0.15) is 0 Å². The van der Waals surface area contributed by atoms with Gasteiger partial charge < -0.3 is 5.11 Å². The molecule has 0 amide bonds. The Labute approximate surface area is 123 Å². The molecule has 1 heterocycles. The second-order valence-electron chi connectivity index (χ2n) is 4.21. The fraction of sp³-hybridized carbons (Fsp3) is 0. The first-order valence-electron chi connectivity index (χ1n) is 6.00. The van der Waals surface area contributed by atoms with Crippen molar-refractivity contribution >= 4 is 28.4 Å². The van der Waals surface area contributed by atoms with Crippen LogP contribution in [0.15, 0.2) is 58.7 Å². The fourth-order valence-electron chi connectivity index (χ4n) is 1.86. The van der Waals surface area contributed by atoms with Crippen LogP contribution < -0.4 is 0 Å². The minimum absolute atomic E-state index is 0.0172. The monoisotopic (exact) mass is 299 g/mol. The van der Waals surface area contributed by atoms with E-state index in [-0.39, 0.29) is 11.4 Å². The van der Waals surface area contributed by atoms with Crippen LogP contribution in [-0.4, -0.2) is 20.0 Å². The molecule has 0 atom stereocenters. The number of hydrogen-bond donors (Lipinski definition) is 1. The lowest BCUT2D eigenvalue weighted by Crippen LogP contribution is -1.91. The summed E-state index contributed by atoms with van der Waals surface area (Å²) in [5, 5.41) is 21.8. The first kappa shape index (κ1) is 13.3. The van der Waals surface area contributed by atoms with Gasteiger partial charge in [-0.1, -0.05) is 23.9 Å². The van der Waals surface area contributed by atoms with Crippen molar-refractivity contribution in [2.45, 2.75) is 9.92 Å². The van der Waals surface area contributed by atoms with Crippen molar-refractivity contribution in [3.63, 3.8) is 0 Å². The van der Waals surface area contributed by atoms with Gasteiger partial charge >= 0.3 is 0 Å². The van der Waals surface area contributed by atoms with E-state index in [0.717, 1.165) is 0 Å². The number of benzene rings is 2. The number of para-hydroxylation sites is 1. The molecular weight excluding hydrogens is 290 g/mol. The van der Waals surface area contributed by atoms with Crippen LogP contribution in [0.4, 0.5) is 5.69 Å². The molecule has 0 fully saturated rings. The molecule has 104 valence electrons. The summed E-state index contributed by atoms with van der Waals surface area (Å²) in [6.45, 7) is 0. The lowest BCUT2D eigenvalue weighted by Gasteiger charge is -2.06. The van der Waals surface area contributed by atoms with E-state index in [1.165, 1.54) is 30.2 Å². The molecule has 1 N–H and O–H groups in total. The molecule has 0 aliphatic heterocycles. The van der Waals surface area contributed by atoms with Crippen molar-refractivity contribution < 1.29 is 10.0 Å². The quantitative estimate of drug-likeness (QED) is 0.453. The third kappa shape index (κ3) is 2.63. The molecule has 0 bridgehead atoms. The highest BCUT2D eigenvalue weighted by Crippen LogP contribution is 2.36. The topological polar surface area (TPSA) is 89.2 Å². The second kappa shape index (κ2) is 5.37. The van der Waals surface area contributed by atoms with Crippen molar-refractivity contribution in [1.29, 1.82) is 0 Å². The molecule has 0 saturated carbocycles. The predicted molar refractivity (Wildman–Crippen MR) is 78.4 cm³/mol. The number of nitrogens with zero attached hydrogens (tertiary/aromatic N) is 3. The maximum Gasteiger partial charge on any atom is 0.270 e. The first-order valence-corrected chi connectivity index (χ1v) is 6.82. The Balaban J connectivity index is 2.11. The van der Waals surface area contributed by atoms with Gasteiger partial charge in [-0.2, -0.15) is 0 Å². The molecule has 2 aromatic carbocycles. The highest BCUT2D eigenvalue weighted by atomic mass is 32.2. The minimum atomic E-state index is -0.457. The Morgan fingerprint density at radius 1 is 1.14 bits per heavy atom. The van der Waals surface area contributed by atoms with E-state index >= 15 is 0 Å². The zero-order chi connectivity index (χ0) is 14.8. The third-order valence-electron chi connectivity index (χ3n) is 2.87. The Kier molecular flexibility index (Phi) is 3.41. The molecule has 3 rings (SSSR count). The molecule has 0 unspecified atom stereocenters. The van der Waals surface area contributed by atoms with Crippen LogP contribution in [0.3, 0.4) is 0 Å². The predicted octanol–water partition coefficient (Wildman–Crippen LogP) is 3.39. The fourth-order valence-corrected chi connectivity index (χ4v) is 2.76. The zero-order valence-corrected chi connectivity index (χ0v) is 11.4. The molecular formula is C14H9N3O3S. The number of aromatic nitrogens is 2. The molecule has 0 radical (unpaired) electrons. The highest BCUT2D eigenvalue weighted by Gasteiger charge is 2.12. The van der Waals surface area contributed by atoms with Gasteiger partial charge in [0.15, 0.2) is 0 Å². The van der Waals surface area contributed by atoms with Gasteiger partial charge in [0.1, 0.15) is 17.1 Å². The van der Waals surface area contributed by atoms with Crippen molar-refractivity contribution in [1.82, 2.24) is 9.97 Å². The van der Waals surface area contributed by atoms with Gasteiger partial charge in [-0.05, 0) is 18.2 Å². The summed E-state index contributed by atoms with van der Waals surface area (Å²) in [7, 11) is 0. The van der Waals surface area contributed by atoms with Crippen LogP contribution in [0, 0.1) is 10.1 Å². The summed E-state index contributed by atoms with van der Waals surface area (Å²) >= 11 is 1.24. The van der Waals surface area contributed by atoms with Gasteiger partial charge in [0.2, 0.25) is 0 Å². The molecule has 7 heteroatoms. The number of phenolic OH excluding ortho intramolecular Hbond substituents is 1. The first-order chi connectivity index (χ1) is 10.1. The molecule has 21 heavy (non-hydrogen) atoms. The van der Waals surface area contributed by atoms with Crippen molar-refractivity contribution in [2.75, 3.05) is 0 Å². The normalized spacial score (nSPS) is 10.7. The summed E-state index contributed by atoms with van der Waals surface area (Å²) in [5.41, 5.74) is 0.602. The molecule has 0 aliphatic carbocycles. The van der Waals surface area contributed by atoms with E-state index in [1.807, 2.05) is 0 Å². The summed E-state index contributed by atoms with van der Waals surface area (Å²) < 4.78 is 0. The third-order valence-corrected chi connectivity index (χ3v) is 3.95. The SMILES string of the molecule is O=[N+]([O-])c1ccc2ncnc(Sc3ccccc3O)c2c1. The lowest BCUT2D eigenvalue weighted by molar-refractivity contribution is -0.384. The number of aromatic hydroxyl groups is 1. The van der Waals surface area contributed by atoms with E-state index in [4.69, 9.17) is 0 Å². The van der Waals surface area contributed by atoms with Crippen molar-refractivity contribution in [2.24, 2.45) is 0 Å². The lowest BCUT2D eigenvalue weighted by atomic mass is 10.2. The molecule has 1 aromatic heterocycles. The molecule has 0 spiro atoms. The number of nitro groups is 1. The summed E-state index contributed by atoms with van der Waals surface area (Å²) in [4.78, 5) is 19.3. The Morgan fingerprint density at radius 3 is 2.71 bits per heavy atom. The maximum atomic E-state index is 10.9. The molecule has 0 aliphatic rings. The molecule has 6 nitrogen and oxygen atoms in total. The second-order valence-corrected chi connectivity index (χ2v) is 5.24. The molecule has 0 saturated heterocycles. The van der Waals surface area contributed by atoms with Gasteiger partial charge in [0, 0.05) is 17.5 Å². The zero-order valence-electron chi connectivity index (χ0n) is 10.6. The van der Waals surface area contributed by atoms with Gasteiger partial charge in [-0.3, -0.25) is 10.1 Å². The minimum Gasteiger partial charge on any atom is -0.507 e. The number of nitro benzene ring substituents is 1. The van der Waals surface area contributed by atoms with Gasteiger partial charge in [0.05, 0.1) is 15.3 Å². The van der Waals surface area contributed by atoms with E-state index in [1.54, 1.807) is 30.3 Å². The van der Waals surface area contributed by atoms with Crippen LogP contribution in [0.25, 0.3) is 10.9 Å². The van der Waals surface area contributed by atoms with E-state index < -0.39 is 4.92 Å². The average Bonchev–Trinajstić information content (AvgIpc) is 2.49. The number of hydrogen-bond acceptors (Lipinski definition) is 6. The van der Waals surface area contributed by atoms with E-state index in [2.05, 4.69) is 9.97 Å². The van der Waals surface area contributed by atoms with Crippen LogP contribution >= 0.6 is 11.8 Å². The Morgan fingerprint density at radius 2 is 1.95 bits per heavy atom. The van der Waals surface area contributed by atoms with Crippen LogP contribution in [0.5, 0.6) is 5.75 Å².